The Bertz CT molecular complexity index is 612. The summed E-state index contributed by atoms with van der Waals surface area (Å²) >= 11 is 0. The second-order valence-corrected chi connectivity index (χ2v) is 7.23. The van der Waals surface area contributed by atoms with Crippen molar-refractivity contribution in [1.29, 1.82) is 0 Å². The molecule has 1 aromatic carbocycles. The molecule has 1 aromatic rings. The van der Waals surface area contributed by atoms with Gasteiger partial charge in [0.25, 0.3) is 0 Å². The van der Waals surface area contributed by atoms with E-state index in [1.165, 1.54) is 5.56 Å². The lowest BCUT2D eigenvalue weighted by Crippen LogP contribution is -2.38. The zero-order valence-corrected chi connectivity index (χ0v) is 15.2. The molecule has 6 nitrogen and oxygen atoms in total. The third-order valence-corrected chi connectivity index (χ3v) is 4.50. The van der Waals surface area contributed by atoms with Crippen LogP contribution in [0.4, 0.5) is 4.79 Å². The first-order valence-corrected chi connectivity index (χ1v) is 8.72. The van der Waals surface area contributed by atoms with E-state index in [0.717, 1.165) is 11.3 Å². The molecule has 136 valence electrons. The summed E-state index contributed by atoms with van der Waals surface area (Å²) in [6.07, 6.45) is 1.60. The van der Waals surface area contributed by atoms with Crippen LogP contribution in [0.15, 0.2) is 30.3 Å². The van der Waals surface area contributed by atoms with Crippen molar-refractivity contribution < 1.29 is 14.4 Å². The van der Waals surface area contributed by atoms with E-state index in [9.17, 15) is 14.4 Å². The van der Waals surface area contributed by atoms with Crippen molar-refractivity contribution in [2.24, 2.45) is 0 Å². The Morgan fingerprint density at radius 1 is 1.28 bits per heavy atom. The number of carbonyl (C=O) groups is 3. The molecule has 4 amide bonds. The molecule has 1 fully saturated rings. The second-order valence-electron chi connectivity index (χ2n) is 7.23. The Morgan fingerprint density at radius 3 is 2.56 bits per heavy atom. The van der Waals surface area contributed by atoms with Crippen molar-refractivity contribution in [3.63, 3.8) is 0 Å². The lowest BCUT2D eigenvalue weighted by Gasteiger charge is -2.29. The molecule has 1 atom stereocenters. The van der Waals surface area contributed by atoms with Crippen LogP contribution in [0.25, 0.3) is 0 Å². The van der Waals surface area contributed by atoms with Crippen LogP contribution in [0.2, 0.25) is 0 Å². The van der Waals surface area contributed by atoms with Crippen molar-refractivity contribution in [3.8, 4) is 0 Å². The highest BCUT2D eigenvalue weighted by Crippen LogP contribution is 2.28. The van der Waals surface area contributed by atoms with Gasteiger partial charge in [-0.2, -0.15) is 0 Å². The standard InChI is InChI=1S/C19H27N3O3/c1-14(12-19(2,3)15-8-5-4-6-9-15)21-16(23)10-7-11-22-17(24)13-20-18(22)25/h4-6,8-9,14H,7,10-13H2,1-3H3,(H,20,25)(H,21,23)/t14-/m0/s1. The zero-order valence-electron chi connectivity index (χ0n) is 15.2. The Labute approximate surface area is 149 Å². The van der Waals surface area contributed by atoms with E-state index in [-0.39, 0.29) is 42.4 Å². The molecule has 0 unspecified atom stereocenters. The van der Waals surface area contributed by atoms with E-state index in [4.69, 9.17) is 0 Å². The first-order valence-electron chi connectivity index (χ1n) is 8.72. The smallest absolute Gasteiger partial charge is 0.324 e. The number of imide groups is 1. The maximum absolute atomic E-state index is 12.1. The van der Waals surface area contributed by atoms with Gasteiger partial charge < -0.3 is 10.6 Å². The molecule has 0 bridgehead atoms. The summed E-state index contributed by atoms with van der Waals surface area (Å²) in [4.78, 5) is 36.2. The molecule has 1 aliphatic heterocycles. The number of benzene rings is 1. The minimum Gasteiger partial charge on any atom is -0.354 e. The number of hydrogen-bond acceptors (Lipinski definition) is 3. The summed E-state index contributed by atoms with van der Waals surface area (Å²) in [6.45, 7) is 6.67. The Balaban J connectivity index is 1.74. The number of nitrogens with one attached hydrogen (secondary N) is 2. The average Bonchev–Trinajstić information content (AvgIpc) is 2.87. The number of nitrogens with zero attached hydrogens (tertiary/aromatic N) is 1. The van der Waals surface area contributed by atoms with Gasteiger partial charge in [-0.25, -0.2) is 4.79 Å². The lowest BCUT2D eigenvalue weighted by atomic mass is 9.79. The number of rotatable bonds is 8. The molecular weight excluding hydrogens is 318 g/mol. The van der Waals surface area contributed by atoms with Crippen molar-refractivity contribution in [3.05, 3.63) is 35.9 Å². The Morgan fingerprint density at radius 2 is 1.96 bits per heavy atom. The molecule has 1 aliphatic rings. The molecule has 1 saturated heterocycles. The van der Waals surface area contributed by atoms with E-state index in [1.54, 1.807) is 0 Å². The van der Waals surface area contributed by atoms with E-state index in [2.05, 4.69) is 36.6 Å². The monoisotopic (exact) mass is 345 g/mol. The minimum atomic E-state index is -0.372. The molecule has 0 aliphatic carbocycles. The summed E-state index contributed by atoms with van der Waals surface area (Å²) in [5.74, 6) is -0.285. The summed E-state index contributed by atoms with van der Waals surface area (Å²) < 4.78 is 0. The molecule has 0 saturated carbocycles. The maximum Gasteiger partial charge on any atom is 0.324 e. The van der Waals surface area contributed by atoms with Gasteiger partial charge in [0.05, 0.1) is 6.54 Å². The lowest BCUT2D eigenvalue weighted by molar-refractivity contribution is -0.126. The van der Waals surface area contributed by atoms with Crippen LogP contribution in [-0.2, 0) is 15.0 Å². The number of urea groups is 1. The molecule has 0 aromatic heterocycles. The first kappa shape index (κ1) is 19.0. The van der Waals surface area contributed by atoms with Gasteiger partial charge in [0.2, 0.25) is 11.8 Å². The fourth-order valence-corrected chi connectivity index (χ4v) is 3.25. The van der Waals surface area contributed by atoms with Crippen LogP contribution in [0, 0.1) is 0 Å². The van der Waals surface area contributed by atoms with E-state index >= 15 is 0 Å². The van der Waals surface area contributed by atoms with E-state index in [1.807, 2.05) is 25.1 Å². The predicted octanol–water partition coefficient (Wildman–Crippen LogP) is 2.19. The number of carbonyl (C=O) groups excluding carboxylic acids is 3. The number of amides is 4. The van der Waals surface area contributed by atoms with Crippen LogP contribution in [0.5, 0.6) is 0 Å². The molecule has 1 heterocycles. The molecule has 2 N–H and O–H groups in total. The average molecular weight is 345 g/mol. The van der Waals surface area contributed by atoms with Crippen LogP contribution < -0.4 is 10.6 Å². The summed E-state index contributed by atoms with van der Waals surface area (Å²) in [6, 6.07) is 9.92. The van der Waals surface area contributed by atoms with E-state index in [0.29, 0.717) is 12.8 Å². The largest absolute Gasteiger partial charge is 0.354 e. The molecule has 6 heteroatoms. The highest BCUT2D eigenvalue weighted by atomic mass is 16.2. The quantitative estimate of drug-likeness (QED) is 0.709. The summed E-state index contributed by atoms with van der Waals surface area (Å²) in [5, 5.41) is 5.48. The fraction of sp³-hybridized carbons (Fsp3) is 0.526. The maximum atomic E-state index is 12.1. The first-order chi connectivity index (χ1) is 11.8. The van der Waals surface area contributed by atoms with E-state index < -0.39 is 0 Å². The van der Waals surface area contributed by atoms with Crippen LogP contribution in [-0.4, -0.2) is 41.9 Å². The minimum absolute atomic E-state index is 0.0337. The van der Waals surface area contributed by atoms with Gasteiger partial charge in [-0.05, 0) is 30.7 Å². The van der Waals surface area contributed by atoms with Crippen molar-refractivity contribution in [2.45, 2.75) is 51.5 Å². The van der Waals surface area contributed by atoms with Gasteiger partial charge in [-0.3, -0.25) is 14.5 Å². The molecule has 25 heavy (non-hydrogen) atoms. The van der Waals surface area contributed by atoms with Gasteiger partial charge in [-0.15, -0.1) is 0 Å². The fourth-order valence-electron chi connectivity index (χ4n) is 3.25. The summed E-state index contributed by atoms with van der Waals surface area (Å²) in [5.41, 5.74) is 1.21. The van der Waals surface area contributed by atoms with Gasteiger partial charge in [0, 0.05) is 19.0 Å². The van der Waals surface area contributed by atoms with Crippen molar-refractivity contribution in [1.82, 2.24) is 15.5 Å². The van der Waals surface area contributed by atoms with Gasteiger partial charge >= 0.3 is 6.03 Å². The van der Waals surface area contributed by atoms with Crippen LogP contribution in [0.1, 0.15) is 45.6 Å². The normalized spacial score (nSPS) is 15.9. The van der Waals surface area contributed by atoms with Crippen LogP contribution >= 0.6 is 0 Å². The predicted molar refractivity (Wildman–Crippen MR) is 96.0 cm³/mol. The zero-order chi connectivity index (χ0) is 18.4. The molecule has 2 rings (SSSR count). The topological polar surface area (TPSA) is 78.5 Å². The Hall–Kier alpha value is -2.37. The molecular formula is C19H27N3O3. The van der Waals surface area contributed by atoms with Gasteiger partial charge in [-0.1, -0.05) is 44.2 Å². The molecule has 0 radical (unpaired) electrons. The molecule has 0 spiro atoms. The van der Waals surface area contributed by atoms with Crippen molar-refractivity contribution in [2.75, 3.05) is 13.1 Å². The highest BCUT2D eigenvalue weighted by Gasteiger charge is 2.28. The second kappa shape index (κ2) is 8.14. The third kappa shape index (κ3) is 5.31. The van der Waals surface area contributed by atoms with Gasteiger partial charge in [0.1, 0.15) is 0 Å². The Kier molecular flexibility index (Phi) is 6.17. The third-order valence-electron chi connectivity index (χ3n) is 4.50. The van der Waals surface area contributed by atoms with Gasteiger partial charge in [0.15, 0.2) is 0 Å². The number of hydrogen-bond donors (Lipinski definition) is 2. The van der Waals surface area contributed by atoms with Crippen molar-refractivity contribution >= 4 is 17.8 Å². The SMILES string of the molecule is C[C@@H](CC(C)(C)c1ccccc1)NC(=O)CCCN1C(=O)CNC1=O. The summed E-state index contributed by atoms with van der Waals surface area (Å²) in [7, 11) is 0. The highest BCUT2D eigenvalue weighted by molar-refractivity contribution is 6.01. The van der Waals surface area contributed by atoms with Crippen LogP contribution in [0.3, 0.4) is 0 Å².